The van der Waals surface area contributed by atoms with E-state index >= 15 is 0 Å². The van der Waals surface area contributed by atoms with E-state index in [2.05, 4.69) is 27.8 Å². The molecule has 2 rings (SSSR count). The molecule has 0 spiro atoms. The van der Waals surface area contributed by atoms with Crippen LogP contribution in [-0.4, -0.2) is 49.1 Å². The van der Waals surface area contributed by atoms with Crippen LogP contribution in [0.1, 0.15) is 28.9 Å². The van der Waals surface area contributed by atoms with Gasteiger partial charge < -0.3 is 21.7 Å². The topological polar surface area (TPSA) is 146 Å². The molecule has 0 unspecified atom stereocenters. The third kappa shape index (κ3) is 7.91. The molecule has 1 atom stereocenters. The monoisotopic (exact) mass is 425 g/mol. The molecule has 0 bridgehead atoms. The average molecular weight is 425 g/mol. The number of carbonyl (C=O) groups excluding carboxylic acids is 3. The molecule has 0 aromatic heterocycles. The van der Waals surface area contributed by atoms with E-state index in [4.69, 9.17) is 10.9 Å². The highest BCUT2D eigenvalue weighted by Crippen LogP contribution is 2.09. The highest BCUT2D eigenvalue weighted by Gasteiger charge is 2.19. The van der Waals surface area contributed by atoms with Gasteiger partial charge in [-0.15, -0.1) is 0 Å². The van der Waals surface area contributed by atoms with E-state index in [9.17, 15) is 14.4 Å². The van der Waals surface area contributed by atoms with Crippen LogP contribution in [0.3, 0.4) is 0 Å². The summed E-state index contributed by atoms with van der Waals surface area (Å²) in [4.78, 5) is 35.1. The maximum atomic E-state index is 12.2. The van der Waals surface area contributed by atoms with Crippen molar-refractivity contribution in [2.45, 2.75) is 13.5 Å². The Hall–Kier alpha value is -3.71. The second kappa shape index (κ2) is 12.8. The molecule has 0 saturated heterocycles. The van der Waals surface area contributed by atoms with Gasteiger partial charge in [0.15, 0.2) is 0 Å². The van der Waals surface area contributed by atoms with E-state index in [0.717, 1.165) is 5.56 Å². The number of carbonyl (C=O) groups is 3. The molecule has 2 aromatic rings. The van der Waals surface area contributed by atoms with Crippen LogP contribution >= 0.6 is 0 Å². The van der Waals surface area contributed by atoms with Crippen molar-refractivity contribution in [3.05, 3.63) is 65.2 Å². The van der Waals surface area contributed by atoms with E-state index < -0.39 is 17.9 Å². The Balaban J connectivity index is 0.00000480. The number of hydrogen-bond donors (Lipinski definition) is 6. The van der Waals surface area contributed by atoms with Crippen molar-refractivity contribution in [3.8, 4) is 11.8 Å². The minimum atomic E-state index is -1.03. The first-order valence-corrected chi connectivity index (χ1v) is 9.08. The first kappa shape index (κ1) is 25.3. The molecule has 0 saturated carbocycles. The van der Waals surface area contributed by atoms with E-state index in [0.29, 0.717) is 16.8 Å². The minimum absolute atomic E-state index is 0. The Morgan fingerprint density at radius 3 is 2.03 bits per heavy atom. The predicted octanol–water partition coefficient (Wildman–Crippen LogP) is 0.443. The van der Waals surface area contributed by atoms with Crippen LogP contribution in [0.2, 0.25) is 0 Å². The van der Waals surface area contributed by atoms with Gasteiger partial charge in [0.25, 0.3) is 11.8 Å². The van der Waals surface area contributed by atoms with Crippen LogP contribution in [0.15, 0.2) is 48.5 Å². The van der Waals surface area contributed by atoms with Gasteiger partial charge in [-0.3, -0.25) is 19.6 Å². The minimum Gasteiger partial charge on any atom is -0.339 e. The maximum Gasteiger partial charge on any atom is 0.267 e. The predicted molar refractivity (Wildman–Crippen MR) is 118 cm³/mol. The van der Waals surface area contributed by atoms with Gasteiger partial charge >= 0.3 is 0 Å². The van der Waals surface area contributed by atoms with Gasteiger partial charge in [0, 0.05) is 28.9 Å². The van der Waals surface area contributed by atoms with Crippen LogP contribution < -0.4 is 27.2 Å². The number of nitrogens with two attached hydrogens (primary N) is 1. The highest BCUT2D eigenvalue weighted by molar-refractivity contribution is 5.97. The van der Waals surface area contributed by atoms with E-state index in [-0.39, 0.29) is 26.4 Å². The summed E-state index contributed by atoms with van der Waals surface area (Å²) in [5, 5.41) is 16.6. The summed E-state index contributed by atoms with van der Waals surface area (Å²) in [5.41, 5.74) is 9.34. The molecular formula is C22H27N5O4. The van der Waals surface area contributed by atoms with Crippen molar-refractivity contribution >= 4 is 23.4 Å². The summed E-state index contributed by atoms with van der Waals surface area (Å²) in [6.45, 7) is 0.0801. The summed E-state index contributed by atoms with van der Waals surface area (Å²) >= 11 is 0. The lowest BCUT2D eigenvalue weighted by Gasteiger charge is -2.14. The molecule has 31 heavy (non-hydrogen) atoms. The quantitative estimate of drug-likeness (QED) is 0.216. The molecule has 0 fully saturated rings. The summed E-state index contributed by atoms with van der Waals surface area (Å²) in [6.07, 6.45) is 0. The average Bonchev–Trinajstić information content (AvgIpc) is 2.76. The summed E-state index contributed by atoms with van der Waals surface area (Å²) in [7, 11) is 1.70. The molecule has 0 radical (unpaired) electrons. The molecule has 2 aromatic carbocycles. The lowest BCUT2D eigenvalue weighted by molar-refractivity contribution is -0.130. The smallest absolute Gasteiger partial charge is 0.267 e. The van der Waals surface area contributed by atoms with Crippen molar-refractivity contribution in [3.63, 3.8) is 0 Å². The standard InChI is InChI=1S/C21H23N5O4.CH4/c1-23-13-19(27)24-17-10-6-15(7-11-17)3-2-14-4-8-16(9-5-14)20(28)25-18(12-22)21(29)26-30;/h4-11,18,23,30H,12-13,22H2,1H3,(H,24,27)(H,25,28)(H,26,29);1H4/t18-;/m0./s1. The van der Waals surface area contributed by atoms with Crippen LogP contribution in [0, 0.1) is 11.8 Å². The molecule has 164 valence electrons. The third-order valence-electron chi connectivity index (χ3n) is 3.97. The van der Waals surface area contributed by atoms with Crippen molar-refractivity contribution in [1.29, 1.82) is 0 Å². The zero-order valence-electron chi connectivity index (χ0n) is 16.4. The lowest BCUT2D eigenvalue weighted by Crippen LogP contribution is -2.50. The van der Waals surface area contributed by atoms with Gasteiger partial charge in [0.2, 0.25) is 5.91 Å². The van der Waals surface area contributed by atoms with Gasteiger partial charge in [-0.05, 0) is 55.6 Å². The van der Waals surface area contributed by atoms with E-state index in [1.807, 2.05) is 0 Å². The number of benzene rings is 2. The van der Waals surface area contributed by atoms with Crippen LogP contribution in [0.4, 0.5) is 5.69 Å². The van der Waals surface area contributed by atoms with Crippen LogP contribution in [0.5, 0.6) is 0 Å². The summed E-state index contributed by atoms with van der Waals surface area (Å²) in [6, 6.07) is 12.6. The third-order valence-corrected chi connectivity index (χ3v) is 3.97. The summed E-state index contributed by atoms with van der Waals surface area (Å²) in [5.74, 6) is 4.58. The number of hydrogen-bond acceptors (Lipinski definition) is 6. The molecule has 9 heteroatoms. The molecule has 3 amide bonds. The normalized spacial score (nSPS) is 10.5. The molecule has 0 aliphatic carbocycles. The van der Waals surface area contributed by atoms with Gasteiger partial charge in [-0.2, -0.15) is 0 Å². The van der Waals surface area contributed by atoms with E-state index in [1.165, 1.54) is 5.48 Å². The Labute approximate surface area is 181 Å². The molecule has 0 aliphatic heterocycles. The molecule has 0 heterocycles. The molecular weight excluding hydrogens is 398 g/mol. The van der Waals surface area contributed by atoms with Gasteiger partial charge in [0.1, 0.15) is 6.04 Å². The lowest BCUT2D eigenvalue weighted by atomic mass is 10.1. The zero-order valence-corrected chi connectivity index (χ0v) is 16.4. The van der Waals surface area contributed by atoms with E-state index in [1.54, 1.807) is 55.6 Å². The maximum absolute atomic E-state index is 12.2. The van der Waals surface area contributed by atoms with Crippen LogP contribution in [0.25, 0.3) is 0 Å². The van der Waals surface area contributed by atoms with Gasteiger partial charge in [-0.1, -0.05) is 19.3 Å². The fourth-order valence-corrected chi connectivity index (χ4v) is 2.40. The van der Waals surface area contributed by atoms with Gasteiger partial charge in [0.05, 0.1) is 6.54 Å². The molecule has 7 N–H and O–H groups in total. The fraction of sp³-hybridized carbons (Fsp3) is 0.227. The zero-order chi connectivity index (χ0) is 21.9. The Morgan fingerprint density at radius 2 is 1.55 bits per heavy atom. The molecule has 9 nitrogen and oxygen atoms in total. The van der Waals surface area contributed by atoms with Crippen molar-refractivity contribution in [2.75, 3.05) is 25.5 Å². The van der Waals surface area contributed by atoms with Crippen molar-refractivity contribution < 1.29 is 19.6 Å². The second-order valence-electron chi connectivity index (χ2n) is 6.22. The van der Waals surface area contributed by atoms with Gasteiger partial charge in [-0.25, -0.2) is 5.48 Å². The first-order valence-electron chi connectivity index (χ1n) is 9.08. The molecule has 0 aliphatic rings. The Morgan fingerprint density at radius 1 is 1.00 bits per heavy atom. The fourth-order valence-electron chi connectivity index (χ4n) is 2.40. The SMILES string of the molecule is C.CNCC(=O)Nc1ccc(C#Cc2ccc(C(=O)N[C@@H](CN)C(=O)NO)cc2)cc1. The van der Waals surface area contributed by atoms with Crippen molar-refractivity contribution in [1.82, 2.24) is 16.1 Å². The summed E-state index contributed by atoms with van der Waals surface area (Å²) < 4.78 is 0. The number of anilines is 1. The van der Waals surface area contributed by atoms with Crippen LogP contribution in [-0.2, 0) is 9.59 Å². The largest absolute Gasteiger partial charge is 0.339 e. The number of amides is 3. The number of hydroxylamine groups is 1. The highest BCUT2D eigenvalue weighted by atomic mass is 16.5. The Kier molecular flexibility index (Phi) is 10.4. The number of likely N-dealkylation sites (N-methyl/N-ethyl adjacent to an activating group) is 1. The first-order chi connectivity index (χ1) is 14.5. The number of rotatable bonds is 7. The number of nitrogens with one attached hydrogen (secondary N) is 4. The van der Waals surface area contributed by atoms with Crippen molar-refractivity contribution in [2.24, 2.45) is 5.73 Å². The second-order valence-corrected chi connectivity index (χ2v) is 6.22. The Bertz CT molecular complexity index is 947.